The van der Waals surface area contributed by atoms with E-state index in [1.165, 1.54) is 7.11 Å². The van der Waals surface area contributed by atoms with Crippen molar-refractivity contribution in [3.05, 3.63) is 58.7 Å². The minimum atomic E-state index is -3.79. The Bertz CT molecular complexity index is 908. The Kier molecular flexibility index (Phi) is 4.41. The third-order valence-electron chi connectivity index (χ3n) is 4.57. The third kappa shape index (κ3) is 3.31. The Morgan fingerprint density at radius 1 is 1.16 bits per heavy atom. The van der Waals surface area contributed by atoms with Crippen molar-refractivity contribution in [1.82, 2.24) is 0 Å². The van der Waals surface area contributed by atoms with Crippen molar-refractivity contribution in [2.45, 2.75) is 50.5 Å². The molecular formula is C20H24O4S. The Balaban J connectivity index is 2.08. The van der Waals surface area contributed by atoms with Crippen LogP contribution < -0.4 is 4.74 Å². The predicted octanol–water partition coefficient (Wildman–Crippen LogP) is 4.30. The van der Waals surface area contributed by atoms with E-state index >= 15 is 0 Å². The zero-order valence-electron chi connectivity index (χ0n) is 15.3. The molecule has 0 aromatic heterocycles. The first-order valence-corrected chi connectivity index (χ1v) is 9.74. The van der Waals surface area contributed by atoms with Gasteiger partial charge < -0.3 is 4.74 Å². The van der Waals surface area contributed by atoms with E-state index in [0.29, 0.717) is 12.0 Å². The van der Waals surface area contributed by atoms with Crippen molar-refractivity contribution in [1.29, 1.82) is 0 Å². The summed E-state index contributed by atoms with van der Waals surface area (Å²) in [6, 6.07) is 11.4. The number of para-hydroxylation sites is 1. The molecule has 1 unspecified atom stereocenters. The molecule has 0 fully saturated rings. The molecule has 1 atom stereocenters. The lowest BCUT2D eigenvalue weighted by molar-refractivity contribution is 0.230. The fourth-order valence-corrected chi connectivity index (χ4v) is 4.16. The molecule has 5 heteroatoms. The maximum atomic E-state index is 12.3. The summed E-state index contributed by atoms with van der Waals surface area (Å²) in [6.07, 6.45) is 0.313. The summed E-state index contributed by atoms with van der Waals surface area (Å²) in [7, 11) is -2.61. The summed E-state index contributed by atoms with van der Waals surface area (Å²) in [5.41, 5.74) is 3.84. The van der Waals surface area contributed by atoms with E-state index in [1.54, 1.807) is 12.1 Å². The van der Waals surface area contributed by atoms with Gasteiger partial charge in [0.1, 0.15) is 16.7 Å². The molecule has 3 rings (SSSR count). The lowest BCUT2D eigenvalue weighted by Crippen LogP contribution is -2.14. The molecular weight excluding hydrogens is 336 g/mol. The van der Waals surface area contributed by atoms with Crippen LogP contribution in [0.4, 0.5) is 0 Å². The van der Waals surface area contributed by atoms with Crippen LogP contribution in [0.2, 0.25) is 0 Å². The van der Waals surface area contributed by atoms with E-state index in [-0.39, 0.29) is 16.4 Å². The van der Waals surface area contributed by atoms with Gasteiger partial charge in [-0.3, -0.25) is 4.18 Å². The molecule has 4 nitrogen and oxygen atoms in total. The normalized spacial score (nSPS) is 17.2. The number of ether oxygens (including phenoxy) is 1. The van der Waals surface area contributed by atoms with Crippen LogP contribution in [0.3, 0.4) is 0 Å². The van der Waals surface area contributed by atoms with Crippen LogP contribution in [0.5, 0.6) is 5.75 Å². The summed E-state index contributed by atoms with van der Waals surface area (Å²) in [5.74, 6) is 0.877. The van der Waals surface area contributed by atoms with Crippen LogP contribution in [0.15, 0.2) is 41.3 Å². The summed E-state index contributed by atoms with van der Waals surface area (Å²) >= 11 is 0. The van der Waals surface area contributed by atoms with Gasteiger partial charge in [0.25, 0.3) is 10.1 Å². The third-order valence-corrected chi connectivity index (χ3v) is 5.92. The molecule has 1 aliphatic heterocycles. The van der Waals surface area contributed by atoms with Crippen LogP contribution in [-0.2, 0) is 26.1 Å². The molecule has 1 heterocycles. The number of aryl methyl sites for hydroxylation is 1. The molecule has 0 spiro atoms. The minimum Gasteiger partial charge on any atom is -0.485 e. The molecule has 0 saturated heterocycles. The Hall–Kier alpha value is -1.85. The first kappa shape index (κ1) is 18.0. The first-order valence-electron chi connectivity index (χ1n) is 8.33. The van der Waals surface area contributed by atoms with Crippen molar-refractivity contribution in [3.8, 4) is 5.75 Å². The maximum Gasteiger partial charge on any atom is 0.297 e. The zero-order valence-corrected chi connectivity index (χ0v) is 16.1. The quantitative estimate of drug-likeness (QED) is 0.766. The van der Waals surface area contributed by atoms with E-state index in [9.17, 15) is 8.42 Å². The Morgan fingerprint density at radius 2 is 1.88 bits per heavy atom. The standard InChI is InChI=1S/C20H24O4S/c1-13-9-10-18(25(21,22)23-5)15(11-13)17-12-14-7-6-8-16(19(14)24-17)20(2,3)4/h6-11,17H,12H2,1-5H3. The molecule has 0 amide bonds. The second-order valence-electron chi connectivity index (χ2n) is 7.52. The van der Waals surface area contributed by atoms with E-state index in [4.69, 9.17) is 8.92 Å². The minimum absolute atomic E-state index is 0.0473. The molecule has 0 radical (unpaired) electrons. The van der Waals surface area contributed by atoms with Crippen LogP contribution in [-0.4, -0.2) is 15.5 Å². The molecule has 0 saturated carbocycles. The van der Waals surface area contributed by atoms with Gasteiger partial charge in [-0.2, -0.15) is 8.42 Å². The predicted molar refractivity (Wildman–Crippen MR) is 97.6 cm³/mol. The van der Waals surface area contributed by atoms with Gasteiger partial charge in [0.2, 0.25) is 0 Å². The SMILES string of the molecule is COS(=O)(=O)c1ccc(C)cc1C1Cc2cccc(C(C)(C)C)c2O1. The van der Waals surface area contributed by atoms with Crippen LogP contribution in [0, 0.1) is 6.92 Å². The number of rotatable bonds is 3. The monoisotopic (exact) mass is 360 g/mol. The molecule has 2 aromatic rings. The molecule has 0 bridgehead atoms. The van der Waals surface area contributed by atoms with E-state index in [0.717, 1.165) is 22.4 Å². The van der Waals surface area contributed by atoms with Gasteiger partial charge in [-0.1, -0.05) is 56.7 Å². The number of fused-ring (bicyclic) bond motifs is 1. The average molecular weight is 360 g/mol. The molecule has 134 valence electrons. The fraction of sp³-hybridized carbons (Fsp3) is 0.400. The van der Waals surface area contributed by atoms with Crippen molar-refractivity contribution in [2.24, 2.45) is 0 Å². The zero-order chi connectivity index (χ0) is 18.4. The van der Waals surface area contributed by atoms with Gasteiger partial charge in [-0.05, 0) is 29.5 Å². The van der Waals surface area contributed by atoms with Gasteiger partial charge in [0.15, 0.2) is 0 Å². The average Bonchev–Trinajstić information content (AvgIpc) is 2.97. The molecule has 0 aliphatic carbocycles. The van der Waals surface area contributed by atoms with Crippen molar-refractivity contribution < 1.29 is 17.3 Å². The van der Waals surface area contributed by atoms with Gasteiger partial charge in [-0.15, -0.1) is 0 Å². The second kappa shape index (κ2) is 6.15. The van der Waals surface area contributed by atoms with Gasteiger partial charge in [0.05, 0.1) is 7.11 Å². The Labute approximate surface area is 149 Å². The van der Waals surface area contributed by atoms with E-state index < -0.39 is 10.1 Å². The highest BCUT2D eigenvalue weighted by Crippen LogP contribution is 2.44. The van der Waals surface area contributed by atoms with Crippen LogP contribution in [0.1, 0.15) is 49.1 Å². The number of benzene rings is 2. The fourth-order valence-electron chi connectivity index (χ4n) is 3.27. The van der Waals surface area contributed by atoms with E-state index in [1.807, 2.05) is 25.1 Å². The molecule has 0 N–H and O–H groups in total. The van der Waals surface area contributed by atoms with Crippen LogP contribution >= 0.6 is 0 Å². The maximum absolute atomic E-state index is 12.3. The highest BCUT2D eigenvalue weighted by molar-refractivity contribution is 7.86. The smallest absolute Gasteiger partial charge is 0.297 e. The van der Waals surface area contributed by atoms with Crippen molar-refractivity contribution in [2.75, 3.05) is 7.11 Å². The number of hydrogen-bond donors (Lipinski definition) is 0. The van der Waals surface area contributed by atoms with Crippen LogP contribution in [0.25, 0.3) is 0 Å². The molecule has 25 heavy (non-hydrogen) atoms. The van der Waals surface area contributed by atoms with Gasteiger partial charge >= 0.3 is 0 Å². The second-order valence-corrected chi connectivity index (χ2v) is 9.20. The number of hydrogen-bond acceptors (Lipinski definition) is 4. The van der Waals surface area contributed by atoms with Crippen molar-refractivity contribution >= 4 is 10.1 Å². The highest BCUT2D eigenvalue weighted by atomic mass is 32.2. The van der Waals surface area contributed by atoms with Crippen molar-refractivity contribution in [3.63, 3.8) is 0 Å². The molecule has 1 aliphatic rings. The van der Waals surface area contributed by atoms with Gasteiger partial charge in [0, 0.05) is 12.0 Å². The highest BCUT2D eigenvalue weighted by Gasteiger charge is 2.33. The summed E-state index contributed by atoms with van der Waals surface area (Å²) < 4.78 is 35.6. The van der Waals surface area contributed by atoms with Gasteiger partial charge in [-0.25, -0.2) is 0 Å². The summed E-state index contributed by atoms with van der Waals surface area (Å²) in [6.45, 7) is 8.38. The summed E-state index contributed by atoms with van der Waals surface area (Å²) in [5, 5.41) is 0. The summed E-state index contributed by atoms with van der Waals surface area (Å²) in [4.78, 5) is 0.177. The Morgan fingerprint density at radius 3 is 2.52 bits per heavy atom. The lowest BCUT2D eigenvalue weighted by Gasteiger charge is -2.23. The first-order chi connectivity index (χ1) is 11.6. The lowest BCUT2D eigenvalue weighted by atomic mass is 9.85. The molecule has 2 aromatic carbocycles. The van der Waals surface area contributed by atoms with E-state index in [2.05, 4.69) is 26.8 Å². The largest absolute Gasteiger partial charge is 0.485 e. The topological polar surface area (TPSA) is 52.6 Å².